The highest BCUT2D eigenvalue weighted by Gasteiger charge is 2.44. The highest BCUT2D eigenvalue weighted by molar-refractivity contribution is 5.86. The first kappa shape index (κ1) is 15.0. The molecule has 1 fully saturated rings. The molecule has 1 aliphatic rings. The smallest absolute Gasteiger partial charge is 0.243 e. The van der Waals surface area contributed by atoms with E-state index in [1.807, 2.05) is 25.9 Å². The average molecular weight is 251 g/mol. The van der Waals surface area contributed by atoms with Gasteiger partial charge in [0.1, 0.15) is 5.41 Å². The molecule has 0 aromatic rings. The molecule has 0 bridgehead atoms. The Kier molecular flexibility index (Phi) is 5.15. The zero-order valence-electron chi connectivity index (χ0n) is 12.1. The number of carbonyl (C=O) groups is 1. The van der Waals surface area contributed by atoms with Gasteiger partial charge in [-0.3, -0.25) is 4.79 Å². The summed E-state index contributed by atoms with van der Waals surface area (Å²) in [6.45, 7) is 5.56. The van der Waals surface area contributed by atoms with Crippen molar-refractivity contribution in [3.8, 4) is 6.07 Å². The second-order valence-corrected chi connectivity index (χ2v) is 5.60. The number of amides is 1. The lowest BCUT2D eigenvalue weighted by atomic mass is 9.86. The van der Waals surface area contributed by atoms with Gasteiger partial charge in [0.05, 0.1) is 6.07 Å². The molecule has 0 radical (unpaired) electrons. The quantitative estimate of drug-likeness (QED) is 0.749. The summed E-state index contributed by atoms with van der Waals surface area (Å²) in [5.41, 5.74) is -0.740. The van der Waals surface area contributed by atoms with Gasteiger partial charge >= 0.3 is 0 Å². The molecule has 1 amide bonds. The number of hydrogen-bond donors (Lipinski definition) is 0. The Morgan fingerprint density at radius 2 is 1.94 bits per heavy atom. The fraction of sp³-hybridized carbons (Fsp3) is 0.857. The molecule has 0 heterocycles. The molecule has 0 aliphatic heterocycles. The molecule has 4 nitrogen and oxygen atoms in total. The van der Waals surface area contributed by atoms with Crippen LogP contribution in [0.3, 0.4) is 0 Å². The van der Waals surface area contributed by atoms with Crippen LogP contribution in [0.25, 0.3) is 0 Å². The van der Waals surface area contributed by atoms with Crippen LogP contribution < -0.4 is 0 Å². The summed E-state index contributed by atoms with van der Waals surface area (Å²) >= 11 is 0. The van der Waals surface area contributed by atoms with Crippen molar-refractivity contribution in [3.63, 3.8) is 0 Å². The normalized spacial score (nSPS) is 19.6. The molecule has 4 heteroatoms. The largest absolute Gasteiger partial charge is 0.338 e. The Bertz CT molecular complexity index is 326. The van der Waals surface area contributed by atoms with Crippen LogP contribution in [0.2, 0.25) is 0 Å². The topological polar surface area (TPSA) is 47.3 Å². The summed E-state index contributed by atoms with van der Waals surface area (Å²) in [4.78, 5) is 16.6. The SMILES string of the molecule is CCN(C(=O)C1(C#N)CCCC1)C(C)CN(C)C. The highest BCUT2D eigenvalue weighted by atomic mass is 16.2. The molecule has 102 valence electrons. The van der Waals surface area contributed by atoms with Crippen molar-refractivity contribution >= 4 is 5.91 Å². The first-order valence-electron chi connectivity index (χ1n) is 6.84. The molecular formula is C14H25N3O. The average Bonchev–Trinajstić information content (AvgIpc) is 2.78. The van der Waals surface area contributed by atoms with Gasteiger partial charge in [-0.2, -0.15) is 5.26 Å². The van der Waals surface area contributed by atoms with E-state index in [1.165, 1.54) is 0 Å². The van der Waals surface area contributed by atoms with E-state index in [1.54, 1.807) is 0 Å². The van der Waals surface area contributed by atoms with Crippen molar-refractivity contribution in [2.75, 3.05) is 27.2 Å². The van der Waals surface area contributed by atoms with Crippen LogP contribution in [0, 0.1) is 16.7 Å². The van der Waals surface area contributed by atoms with Gasteiger partial charge in [0.15, 0.2) is 0 Å². The van der Waals surface area contributed by atoms with Gasteiger partial charge < -0.3 is 9.80 Å². The molecule has 1 unspecified atom stereocenters. The molecule has 1 rings (SSSR count). The zero-order valence-corrected chi connectivity index (χ0v) is 12.1. The second kappa shape index (κ2) is 6.19. The van der Waals surface area contributed by atoms with Gasteiger partial charge in [-0.1, -0.05) is 12.8 Å². The standard InChI is InChI=1S/C14H25N3O/c1-5-17(12(2)10-16(3)4)13(18)14(11-15)8-6-7-9-14/h12H,5-10H2,1-4H3. The van der Waals surface area contributed by atoms with Crippen molar-refractivity contribution in [3.05, 3.63) is 0 Å². The maximum absolute atomic E-state index is 12.6. The first-order valence-corrected chi connectivity index (χ1v) is 6.84. The Hall–Kier alpha value is -1.08. The molecule has 1 aliphatic carbocycles. The molecule has 0 saturated heterocycles. The molecule has 0 aromatic carbocycles. The van der Waals surface area contributed by atoms with Gasteiger partial charge in [0.2, 0.25) is 5.91 Å². The molecule has 18 heavy (non-hydrogen) atoms. The number of carbonyl (C=O) groups excluding carboxylic acids is 1. The monoisotopic (exact) mass is 251 g/mol. The molecule has 1 atom stereocenters. The van der Waals surface area contributed by atoms with Crippen molar-refractivity contribution < 1.29 is 4.79 Å². The van der Waals surface area contributed by atoms with E-state index in [9.17, 15) is 10.1 Å². The third-order valence-corrected chi connectivity index (χ3v) is 3.84. The third kappa shape index (κ3) is 3.02. The number of nitriles is 1. The van der Waals surface area contributed by atoms with E-state index in [4.69, 9.17) is 0 Å². The van der Waals surface area contributed by atoms with E-state index in [0.29, 0.717) is 6.54 Å². The molecular weight excluding hydrogens is 226 g/mol. The molecule has 0 spiro atoms. The maximum atomic E-state index is 12.6. The minimum atomic E-state index is -0.740. The summed E-state index contributed by atoms with van der Waals surface area (Å²) in [6.07, 6.45) is 3.46. The Morgan fingerprint density at radius 3 is 2.33 bits per heavy atom. The number of hydrogen-bond acceptors (Lipinski definition) is 3. The van der Waals surface area contributed by atoms with Crippen LogP contribution >= 0.6 is 0 Å². The van der Waals surface area contributed by atoms with Gasteiger partial charge in [-0.05, 0) is 40.8 Å². The van der Waals surface area contributed by atoms with Gasteiger partial charge in [0.25, 0.3) is 0 Å². The Balaban J connectivity index is 2.81. The van der Waals surface area contributed by atoms with Crippen molar-refractivity contribution in [2.24, 2.45) is 5.41 Å². The lowest BCUT2D eigenvalue weighted by molar-refractivity contribution is -0.141. The zero-order chi connectivity index (χ0) is 13.8. The minimum Gasteiger partial charge on any atom is -0.338 e. The second-order valence-electron chi connectivity index (χ2n) is 5.60. The molecule has 1 saturated carbocycles. The predicted molar refractivity (Wildman–Crippen MR) is 71.9 cm³/mol. The summed E-state index contributed by atoms with van der Waals surface area (Å²) in [7, 11) is 4.01. The summed E-state index contributed by atoms with van der Waals surface area (Å²) in [5, 5.41) is 9.39. The predicted octanol–water partition coefficient (Wildman–Crippen LogP) is 1.87. The lowest BCUT2D eigenvalue weighted by Crippen LogP contribution is -2.49. The lowest BCUT2D eigenvalue weighted by Gasteiger charge is -2.34. The fourth-order valence-corrected chi connectivity index (χ4v) is 2.91. The van der Waals surface area contributed by atoms with E-state index in [2.05, 4.69) is 17.9 Å². The van der Waals surface area contributed by atoms with Crippen LogP contribution in [-0.2, 0) is 4.79 Å². The maximum Gasteiger partial charge on any atom is 0.243 e. The van der Waals surface area contributed by atoms with E-state index in [0.717, 1.165) is 32.2 Å². The number of rotatable bonds is 5. The van der Waals surface area contributed by atoms with Crippen LogP contribution in [0.1, 0.15) is 39.5 Å². The van der Waals surface area contributed by atoms with Crippen LogP contribution in [0.15, 0.2) is 0 Å². The van der Waals surface area contributed by atoms with Crippen molar-refractivity contribution in [1.29, 1.82) is 5.26 Å². The van der Waals surface area contributed by atoms with Crippen molar-refractivity contribution in [2.45, 2.75) is 45.6 Å². The van der Waals surface area contributed by atoms with Gasteiger partial charge in [-0.25, -0.2) is 0 Å². The van der Waals surface area contributed by atoms with E-state index < -0.39 is 5.41 Å². The summed E-state index contributed by atoms with van der Waals surface area (Å²) < 4.78 is 0. The third-order valence-electron chi connectivity index (χ3n) is 3.84. The fourth-order valence-electron chi connectivity index (χ4n) is 2.91. The Morgan fingerprint density at radius 1 is 1.39 bits per heavy atom. The number of nitrogens with zero attached hydrogens (tertiary/aromatic N) is 3. The first-order chi connectivity index (χ1) is 8.46. The minimum absolute atomic E-state index is 0.0411. The summed E-state index contributed by atoms with van der Waals surface area (Å²) in [5.74, 6) is 0.0411. The van der Waals surface area contributed by atoms with Gasteiger partial charge in [-0.15, -0.1) is 0 Å². The van der Waals surface area contributed by atoms with E-state index >= 15 is 0 Å². The van der Waals surface area contributed by atoms with E-state index in [-0.39, 0.29) is 11.9 Å². The van der Waals surface area contributed by atoms with Crippen molar-refractivity contribution in [1.82, 2.24) is 9.80 Å². The molecule has 0 aromatic heterocycles. The summed E-state index contributed by atoms with van der Waals surface area (Å²) in [6, 6.07) is 2.45. The van der Waals surface area contributed by atoms with Gasteiger partial charge in [0, 0.05) is 19.1 Å². The highest BCUT2D eigenvalue weighted by Crippen LogP contribution is 2.39. The van der Waals surface area contributed by atoms with Crippen LogP contribution in [0.5, 0.6) is 0 Å². The number of likely N-dealkylation sites (N-methyl/N-ethyl adjacent to an activating group) is 2. The molecule has 0 N–H and O–H groups in total. The van der Waals surface area contributed by atoms with Crippen LogP contribution in [-0.4, -0.2) is 48.9 Å². The Labute approximate surface area is 111 Å². The van der Waals surface area contributed by atoms with Crippen LogP contribution in [0.4, 0.5) is 0 Å².